The number of ether oxygens (including phenoxy) is 1. The lowest BCUT2D eigenvalue weighted by molar-refractivity contribution is -0.135. The Morgan fingerprint density at radius 1 is 1.38 bits per heavy atom. The van der Waals surface area contributed by atoms with Crippen LogP contribution in [0.15, 0.2) is 36.0 Å². The molecule has 0 fully saturated rings. The first-order chi connectivity index (χ1) is 7.70. The molecule has 0 spiro atoms. The maximum absolute atomic E-state index is 11.3. The molecule has 1 heterocycles. The van der Waals surface area contributed by atoms with Crippen molar-refractivity contribution in [3.05, 3.63) is 46.6 Å². The molecule has 1 aliphatic heterocycles. The predicted octanol–water partition coefficient (Wildman–Crippen LogP) is 2.84. The van der Waals surface area contributed by atoms with E-state index in [9.17, 15) is 4.79 Å². The molecule has 0 saturated heterocycles. The van der Waals surface area contributed by atoms with Gasteiger partial charge in [0.2, 0.25) is 0 Å². The molecule has 0 aliphatic carbocycles. The minimum absolute atomic E-state index is 0.373. The van der Waals surface area contributed by atoms with Gasteiger partial charge in [-0.15, -0.1) is 0 Å². The number of esters is 1. The third-order valence-electron chi connectivity index (χ3n) is 2.26. The van der Waals surface area contributed by atoms with Crippen molar-refractivity contribution in [3.63, 3.8) is 0 Å². The maximum Gasteiger partial charge on any atom is 0.339 e. The number of carbonyl (C=O) groups excluding carboxylic acids is 1. The van der Waals surface area contributed by atoms with E-state index in [2.05, 4.69) is 10.1 Å². The van der Waals surface area contributed by atoms with Gasteiger partial charge in [0, 0.05) is 16.9 Å². The minimum atomic E-state index is -0.373. The molecule has 0 amide bonds. The van der Waals surface area contributed by atoms with E-state index in [0.29, 0.717) is 10.6 Å². The Hall–Kier alpha value is -1.74. The summed E-state index contributed by atoms with van der Waals surface area (Å²) in [6.45, 7) is 0. The summed E-state index contributed by atoms with van der Waals surface area (Å²) < 4.78 is 4.64. The third kappa shape index (κ3) is 2.09. The van der Waals surface area contributed by atoms with Crippen molar-refractivity contribution in [2.45, 2.75) is 0 Å². The Kier molecular flexibility index (Phi) is 2.97. The van der Waals surface area contributed by atoms with Gasteiger partial charge in [0.25, 0.3) is 0 Å². The van der Waals surface area contributed by atoms with Crippen LogP contribution in [-0.4, -0.2) is 13.1 Å². The van der Waals surface area contributed by atoms with E-state index in [0.717, 1.165) is 11.3 Å². The summed E-state index contributed by atoms with van der Waals surface area (Å²) in [6.07, 6.45) is 5.15. The zero-order chi connectivity index (χ0) is 11.5. The molecule has 3 nitrogen and oxygen atoms in total. The zero-order valence-corrected chi connectivity index (χ0v) is 9.41. The van der Waals surface area contributed by atoms with Crippen LogP contribution in [0.2, 0.25) is 5.02 Å². The second-order valence-electron chi connectivity index (χ2n) is 3.30. The lowest BCUT2D eigenvalue weighted by Crippen LogP contribution is -2.03. The topological polar surface area (TPSA) is 38.3 Å². The molecule has 0 radical (unpaired) electrons. The summed E-state index contributed by atoms with van der Waals surface area (Å²) in [5, 5.41) is 3.67. The molecule has 0 bridgehead atoms. The summed E-state index contributed by atoms with van der Waals surface area (Å²) in [5.41, 5.74) is 2.30. The van der Waals surface area contributed by atoms with Crippen molar-refractivity contribution in [1.82, 2.24) is 0 Å². The molecule has 0 saturated carbocycles. The van der Waals surface area contributed by atoms with Gasteiger partial charge < -0.3 is 10.1 Å². The van der Waals surface area contributed by atoms with Gasteiger partial charge >= 0.3 is 5.97 Å². The number of halogens is 1. The number of fused-ring (bicyclic) bond motifs is 1. The highest BCUT2D eigenvalue weighted by molar-refractivity contribution is 6.31. The van der Waals surface area contributed by atoms with Gasteiger partial charge in [0.15, 0.2) is 0 Å². The predicted molar refractivity (Wildman–Crippen MR) is 64.2 cm³/mol. The third-order valence-corrected chi connectivity index (χ3v) is 2.50. The number of hydrogen-bond donors (Lipinski definition) is 1. The number of anilines is 1. The van der Waals surface area contributed by atoms with Crippen LogP contribution in [0.1, 0.15) is 5.56 Å². The summed E-state index contributed by atoms with van der Waals surface area (Å²) in [5.74, 6) is -0.373. The normalized spacial score (nSPS) is 13.2. The van der Waals surface area contributed by atoms with Crippen LogP contribution >= 0.6 is 11.6 Å². The minimum Gasteiger partial charge on any atom is -0.465 e. The van der Waals surface area contributed by atoms with Crippen LogP contribution in [0, 0.1) is 0 Å². The number of rotatable bonds is 1. The standard InChI is InChI=1S/C12H10ClNO2/c1-16-12(15)9-3-2-8-4-5-10(13)6-11(8)14-7-9/h2-7,14H,1H3. The molecule has 0 unspecified atom stereocenters. The SMILES string of the molecule is COC(=O)C1=CNc2cc(Cl)ccc2C=C1. The molecule has 0 atom stereocenters. The van der Waals surface area contributed by atoms with Gasteiger partial charge in [-0.2, -0.15) is 0 Å². The molecule has 1 aromatic rings. The van der Waals surface area contributed by atoms with Gasteiger partial charge in [0.05, 0.1) is 12.7 Å². The number of nitrogens with one attached hydrogen (secondary N) is 1. The van der Waals surface area contributed by atoms with E-state index in [1.165, 1.54) is 7.11 Å². The van der Waals surface area contributed by atoms with Gasteiger partial charge in [-0.05, 0) is 23.8 Å². The van der Waals surface area contributed by atoms with E-state index in [1.807, 2.05) is 12.1 Å². The highest BCUT2D eigenvalue weighted by atomic mass is 35.5. The summed E-state index contributed by atoms with van der Waals surface area (Å²) in [4.78, 5) is 11.3. The monoisotopic (exact) mass is 235 g/mol. The molecule has 1 N–H and O–H groups in total. The van der Waals surface area contributed by atoms with Crippen molar-refractivity contribution in [2.75, 3.05) is 12.4 Å². The fourth-order valence-corrected chi connectivity index (χ4v) is 1.60. The van der Waals surface area contributed by atoms with Crippen LogP contribution < -0.4 is 5.32 Å². The molecule has 16 heavy (non-hydrogen) atoms. The summed E-state index contributed by atoms with van der Waals surface area (Å²) in [7, 11) is 1.35. The first kappa shape index (κ1) is 10.8. The van der Waals surface area contributed by atoms with Crippen molar-refractivity contribution < 1.29 is 9.53 Å². The summed E-state index contributed by atoms with van der Waals surface area (Å²) >= 11 is 5.88. The van der Waals surface area contributed by atoms with Gasteiger partial charge in [-0.3, -0.25) is 0 Å². The number of hydrogen-bond acceptors (Lipinski definition) is 3. The molecule has 2 rings (SSSR count). The lowest BCUT2D eigenvalue weighted by atomic mass is 10.1. The van der Waals surface area contributed by atoms with Crippen molar-refractivity contribution in [3.8, 4) is 0 Å². The smallest absolute Gasteiger partial charge is 0.339 e. The lowest BCUT2D eigenvalue weighted by Gasteiger charge is -2.04. The summed E-state index contributed by atoms with van der Waals surface area (Å²) in [6, 6.07) is 5.49. The maximum atomic E-state index is 11.3. The van der Waals surface area contributed by atoms with Crippen molar-refractivity contribution in [2.24, 2.45) is 0 Å². The fraction of sp³-hybridized carbons (Fsp3) is 0.0833. The van der Waals surface area contributed by atoms with Crippen LogP contribution in [0.25, 0.3) is 6.08 Å². The molecular weight excluding hydrogens is 226 g/mol. The first-order valence-corrected chi connectivity index (χ1v) is 5.11. The molecular formula is C12H10ClNO2. The second kappa shape index (κ2) is 4.41. The van der Waals surface area contributed by atoms with Crippen LogP contribution in [0.5, 0.6) is 0 Å². The first-order valence-electron chi connectivity index (χ1n) is 4.73. The van der Waals surface area contributed by atoms with Crippen molar-refractivity contribution >= 4 is 29.3 Å². The van der Waals surface area contributed by atoms with Crippen molar-refractivity contribution in [1.29, 1.82) is 0 Å². The van der Waals surface area contributed by atoms with E-state index in [1.54, 1.807) is 24.4 Å². The second-order valence-corrected chi connectivity index (χ2v) is 3.74. The van der Waals surface area contributed by atoms with E-state index in [4.69, 9.17) is 11.6 Å². The van der Waals surface area contributed by atoms with Gasteiger partial charge in [-0.25, -0.2) is 4.79 Å². The zero-order valence-electron chi connectivity index (χ0n) is 8.66. The number of benzene rings is 1. The van der Waals surface area contributed by atoms with Gasteiger partial charge in [0.1, 0.15) is 0 Å². The molecule has 0 aromatic heterocycles. The molecule has 1 aliphatic rings. The largest absolute Gasteiger partial charge is 0.465 e. The Morgan fingerprint density at radius 2 is 2.19 bits per heavy atom. The number of methoxy groups -OCH3 is 1. The highest BCUT2D eigenvalue weighted by Crippen LogP contribution is 2.25. The number of carbonyl (C=O) groups is 1. The molecule has 4 heteroatoms. The molecule has 1 aromatic carbocycles. The van der Waals surface area contributed by atoms with E-state index in [-0.39, 0.29) is 5.97 Å². The van der Waals surface area contributed by atoms with Crippen LogP contribution in [-0.2, 0) is 9.53 Å². The fourth-order valence-electron chi connectivity index (χ4n) is 1.43. The average Bonchev–Trinajstić information content (AvgIpc) is 2.50. The Bertz CT molecular complexity index is 492. The van der Waals surface area contributed by atoms with E-state index < -0.39 is 0 Å². The van der Waals surface area contributed by atoms with Gasteiger partial charge in [-0.1, -0.05) is 23.7 Å². The highest BCUT2D eigenvalue weighted by Gasteiger charge is 2.10. The quantitative estimate of drug-likeness (QED) is 0.761. The Balaban J connectivity index is 2.36. The van der Waals surface area contributed by atoms with Crippen LogP contribution in [0.4, 0.5) is 5.69 Å². The Morgan fingerprint density at radius 3 is 2.94 bits per heavy atom. The Labute approximate surface area is 98.4 Å². The average molecular weight is 236 g/mol. The van der Waals surface area contributed by atoms with E-state index >= 15 is 0 Å². The molecule has 82 valence electrons. The van der Waals surface area contributed by atoms with Crippen LogP contribution in [0.3, 0.4) is 0 Å².